The SMILES string of the molecule is Cc1nn(C)cc1NS(=O)(=O)c1n[nH]c(C)c1CN. The standard InChI is InChI=1S/C10H16N6O2S/c1-6-8(4-11)10(13-12-6)19(17,18)15-9-5-16(3)14-7(9)2/h5,15H,4,11H2,1-3H3,(H,12,13). The lowest BCUT2D eigenvalue weighted by Gasteiger charge is -2.05. The molecule has 0 saturated carbocycles. The van der Waals surface area contributed by atoms with Gasteiger partial charge in [0.1, 0.15) is 0 Å². The molecule has 2 aromatic rings. The molecule has 0 bridgehead atoms. The Balaban J connectivity index is 2.40. The van der Waals surface area contributed by atoms with Crippen molar-refractivity contribution in [2.24, 2.45) is 12.8 Å². The number of sulfonamides is 1. The predicted molar refractivity (Wildman–Crippen MR) is 70.0 cm³/mol. The summed E-state index contributed by atoms with van der Waals surface area (Å²) >= 11 is 0. The Morgan fingerprint density at radius 2 is 2.16 bits per heavy atom. The van der Waals surface area contributed by atoms with Gasteiger partial charge in [-0.1, -0.05) is 0 Å². The van der Waals surface area contributed by atoms with Crippen LogP contribution >= 0.6 is 0 Å². The number of rotatable bonds is 4. The predicted octanol–water partition coefficient (Wildman–Crippen LogP) is 0.0195. The van der Waals surface area contributed by atoms with Gasteiger partial charge >= 0.3 is 0 Å². The molecule has 8 nitrogen and oxygen atoms in total. The number of hydrogen-bond acceptors (Lipinski definition) is 5. The first kappa shape index (κ1) is 13.6. The van der Waals surface area contributed by atoms with Crippen LogP contribution in [0.3, 0.4) is 0 Å². The fraction of sp³-hybridized carbons (Fsp3) is 0.400. The highest BCUT2D eigenvalue weighted by Gasteiger charge is 2.24. The van der Waals surface area contributed by atoms with Crippen molar-refractivity contribution in [2.45, 2.75) is 25.4 Å². The zero-order valence-electron chi connectivity index (χ0n) is 10.9. The number of H-pyrrole nitrogens is 1. The van der Waals surface area contributed by atoms with Gasteiger partial charge in [-0.15, -0.1) is 0 Å². The van der Waals surface area contributed by atoms with Crippen molar-refractivity contribution in [2.75, 3.05) is 4.72 Å². The molecule has 2 heterocycles. The molecule has 2 rings (SSSR count). The van der Waals surface area contributed by atoms with Crippen molar-refractivity contribution >= 4 is 15.7 Å². The first-order valence-corrected chi connectivity index (χ1v) is 7.10. The number of anilines is 1. The van der Waals surface area contributed by atoms with Crippen molar-refractivity contribution in [3.05, 3.63) is 23.1 Å². The third kappa shape index (κ3) is 2.47. The van der Waals surface area contributed by atoms with Crippen LogP contribution in [0, 0.1) is 13.8 Å². The monoisotopic (exact) mass is 284 g/mol. The van der Waals surface area contributed by atoms with E-state index in [1.54, 1.807) is 27.1 Å². The lowest BCUT2D eigenvalue weighted by Crippen LogP contribution is -2.16. The largest absolute Gasteiger partial charge is 0.326 e. The third-order valence-electron chi connectivity index (χ3n) is 2.75. The zero-order valence-corrected chi connectivity index (χ0v) is 11.7. The molecule has 0 saturated heterocycles. The summed E-state index contributed by atoms with van der Waals surface area (Å²) in [5.41, 5.74) is 7.69. The zero-order chi connectivity index (χ0) is 14.2. The number of aryl methyl sites for hydroxylation is 3. The average molecular weight is 284 g/mol. The van der Waals surface area contributed by atoms with Gasteiger partial charge in [0.2, 0.25) is 5.03 Å². The van der Waals surface area contributed by atoms with E-state index < -0.39 is 10.0 Å². The van der Waals surface area contributed by atoms with Crippen LogP contribution in [0.4, 0.5) is 5.69 Å². The lowest BCUT2D eigenvalue weighted by atomic mass is 10.3. The number of aromatic amines is 1. The van der Waals surface area contributed by atoms with Gasteiger partial charge in [0.25, 0.3) is 10.0 Å². The molecule has 0 radical (unpaired) electrons. The molecule has 0 aliphatic rings. The van der Waals surface area contributed by atoms with E-state index in [1.807, 2.05) is 0 Å². The molecule has 0 atom stereocenters. The van der Waals surface area contributed by atoms with Gasteiger partial charge in [-0.25, -0.2) is 0 Å². The third-order valence-corrected chi connectivity index (χ3v) is 4.09. The first-order chi connectivity index (χ1) is 8.85. The second kappa shape index (κ2) is 4.67. The molecule has 4 N–H and O–H groups in total. The fourth-order valence-electron chi connectivity index (χ4n) is 1.79. The molecule has 0 aliphatic carbocycles. The van der Waals surface area contributed by atoms with Crippen LogP contribution in [0.15, 0.2) is 11.2 Å². The van der Waals surface area contributed by atoms with Crippen LogP contribution in [-0.2, 0) is 23.6 Å². The quantitative estimate of drug-likeness (QED) is 0.731. The van der Waals surface area contributed by atoms with Gasteiger partial charge in [0, 0.05) is 31.0 Å². The second-order valence-corrected chi connectivity index (χ2v) is 5.84. The molecule has 104 valence electrons. The maximum Gasteiger partial charge on any atom is 0.281 e. The summed E-state index contributed by atoms with van der Waals surface area (Å²) in [5, 5.41) is 10.4. The molecule has 9 heteroatoms. The Kier molecular flexibility index (Phi) is 3.33. The Morgan fingerprint density at radius 1 is 1.47 bits per heavy atom. The van der Waals surface area contributed by atoms with Crippen LogP contribution in [0.5, 0.6) is 0 Å². The Morgan fingerprint density at radius 3 is 2.68 bits per heavy atom. The van der Waals surface area contributed by atoms with Crippen molar-refractivity contribution in [3.63, 3.8) is 0 Å². The summed E-state index contributed by atoms with van der Waals surface area (Å²) in [7, 11) is -2.05. The highest BCUT2D eigenvalue weighted by atomic mass is 32.2. The van der Waals surface area contributed by atoms with Crippen molar-refractivity contribution in [3.8, 4) is 0 Å². The van der Waals surface area contributed by atoms with E-state index >= 15 is 0 Å². The summed E-state index contributed by atoms with van der Waals surface area (Å²) in [4.78, 5) is 0. The highest BCUT2D eigenvalue weighted by Crippen LogP contribution is 2.20. The molecule has 0 unspecified atom stereocenters. The van der Waals surface area contributed by atoms with Gasteiger partial charge in [0.05, 0.1) is 11.4 Å². The average Bonchev–Trinajstić information content (AvgIpc) is 2.82. The molecule has 0 fully saturated rings. The molecular formula is C10H16N6O2S. The summed E-state index contributed by atoms with van der Waals surface area (Å²) in [6.45, 7) is 3.55. The first-order valence-electron chi connectivity index (χ1n) is 5.62. The molecular weight excluding hydrogens is 268 g/mol. The molecule has 0 aromatic carbocycles. The van der Waals surface area contributed by atoms with Crippen LogP contribution in [0.1, 0.15) is 17.0 Å². The van der Waals surface area contributed by atoms with Crippen molar-refractivity contribution in [1.29, 1.82) is 0 Å². The summed E-state index contributed by atoms with van der Waals surface area (Å²) in [6, 6.07) is 0. The minimum absolute atomic E-state index is 0.0734. The van der Waals surface area contributed by atoms with Gasteiger partial charge < -0.3 is 5.73 Å². The summed E-state index contributed by atoms with van der Waals surface area (Å²) in [5.74, 6) is 0. The molecule has 0 aliphatic heterocycles. The number of nitrogens with two attached hydrogens (primary N) is 1. The van der Waals surface area contributed by atoms with E-state index in [4.69, 9.17) is 5.73 Å². The molecule has 0 spiro atoms. The van der Waals surface area contributed by atoms with Crippen LogP contribution < -0.4 is 10.5 Å². The molecule has 19 heavy (non-hydrogen) atoms. The van der Waals surface area contributed by atoms with E-state index in [2.05, 4.69) is 20.0 Å². The highest BCUT2D eigenvalue weighted by molar-refractivity contribution is 7.92. The summed E-state index contributed by atoms with van der Waals surface area (Å²) in [6.07, 6.45) is 1.59. The number of nitrogens with one attached hydrogen (secondary N) is 2. The molecule has 2 aromatic heterocycles. The number of aromatic nitrogens is 4. The molecule has 0 amide bonds. The van der Waals surface area contributed by atoms with E-state index in [-0.39, 0.29) is 11.6 Å². The Hall–Kier alpha value is -1.87. The van der Waals surface area contributed by atoms with Crippen LogP contribution in [0.2, 0.25) is 0 Å². The normalized spacial score (nSPS) is 11.8. The van der Waals surface area contributed by atoms with Crippen LogP contribution in [0.25, 0.3) is 0 Å². The topological polar surface area (TPSA) is 119 Å². The van der Waals surface area contributed by atoms with Gasteiger partial charge in [-0.05, 0) is 13.8 Å². The van der Waals surface area contributed by atoms with Crippen molar-refractivity contribution in [1.82, 2.24) is 20.0 Å². The van der Waals surface area contributed by atoms with E-state index in [1.165, 1.54) is 4.68 Å². The van der Waals surface area contributed by atoms with Gasteiger partial charge in [-0.3, -0.25) is 14.5 Å². The maximum atomic E-state index is 12.3. The number of hydrogen-bond donors (Lipinski definition) is 3. The smallest absolute Gasteiger partial charge is 0.281 e. The van der Waals surface area contributed by atoms with E-state index in [9.17, 15) is 8.42 Å². The van der Waals surface area contributed by atoms with Crippen molar-refractivity contribution < 1.29 is 8.42 Å². The second-order valence-electron chi connectivity index (χ2n) is 4.24. The van der Waals surface area contributed by atoms with Gasteiger partial charge in [-0.2, -0.15) is 18.6 Å². The maximum absolute atomic E-state index is 12.3. The summed E-state index contributed by atoms with van der Waals surface area (Å²) < 4.78 is 28.5. The Bertz CT molecular complexity index is 700. The minimum Gasteiger partial charge on any atom is -0.326 e. The van der Waals surface area contributed by atoms with Gasteiger partial charge in [0.15, 0.2) is 0 Å². The van der Waals surface area contributed by atoms with E-state index in [0.717, 1.165) is 0 Å². The lowest BCUT2D eigenvalue weighted by molar-refractivity contribution is 0.595. The Labute approximate surface area is 111 Å². The van der Waals surface area contributed by atoms with E-state index in [0.29, 0.717) is 22.6 Å². The minimum atomic E-state index is -3.77. The van der Waals surface area contributed by atoms with Crippen LogP contribution in [-0.4, -0.2) is 28.4 Å². The fourth-order valence-corrected chi connectivity index (χ4v) is 3.10. The number of nitrogens with zero attached hydrogens (tertiary/aromatic N) is 3.